The molecule has 0 aliphatic rings. The molecular formula is C12H22N2O2. The first-order valence-electron chi connectivity index (χ1n) is 6.06. The lowest BCUT2D eigenvalue weighted by molar-refractivity contribution is 0.121. The molecule has 92 valence electrons. The van der Waals surface area contributed by atoms with E-state index in [0.29, 0.717) is 6.61 Å². The molecule has 0 bridgehead atoms. The smallest absolute Gasteiger partial charge is 0.0817 e. The molecule has 1 atom stereocenters. The highest BCUT2D eigenvalue weighted by Gasteiger charge is 2.06. The molecule has 0 radical (unpaired) electrons. The molecule has 16 heavy (non-hydrogen) atoms. The molecule has 1 unspecified atom stereocenters. The van der Waals surface area contributed by atoms with Crippen LogP contribution in [0.5, 0.6) is 0 Å². The van der Waals surface area contributed by atoms with E-state index in [9.17, 15) is 5.11 Å². The summed E-state index contributed by atoms with van der Waals surface area (Å²) in [5, 5.41) is 13.8. The minimum atomic E-state index is -0.394. The van der Waals surface area contributed by atoms with Crippen molar-refractivity contribution in [1.82, 2.24) is 9.78 Å². The topological polar surface area (TPSA) is 47.3 Å². The van der Waals surface area contributed by atoms with Crippen LogP contribution < -0.4 is 0 Å². The number of nitrogens with zero attached hydrogens (tertiary/aromatic N) is 2. The van der Waals surface area contributed by atoms with Gasteiger partial charge in [-0.3, -0.25) is 4.68 Å². The third-order valence-corrected chi connectivity index (χ3v) is 2.53. The Hall–Kier alpha value is -0.870. The summed E-state index contributed by atoms with van der Waals surface area (Å²) in [6, 6.07) is 0. The Bertz CT molecular complexity index is 286. The number of ether oxygens (including phenoxy) is 1. The Labute approximate surface area is 97.2 Å². The molecule has 1 rings (SSSR count). The second kappa shape index (κ2) is 7.41. The van der Waals surface area contributed by atoms with Crippen molar-refractivity contribution in [1.29, 1.82) is 0 Å². The lowest BCUT2D eigenvalue weighted by Crippen LogP contribution is -2.07. The molecular weight excluding hydrogens is 204 g/mol. The molecule has 1 N–H and O–H groups in total. The molecule has 0 aliphatic heterocycles. The van der Waals surface area contributed by atoms with Crippen LogP contribution in [0.3, 0.4) is 0 Å². The normalized spacial score (nSPS) is 12.9. The zero-order valence-electron chi connectivity index (χ0n) is 10.2. The fraction of sp³-hybridized carbons (Fsp3) is 0.750. The summed E-state index contributed by atoms with van der Waals surface area (Å²) in [6.07, 6.45) is 6.21. The lowest BCUT2D eigenvalue weighted by Gasteiger charge is -2.04. The van der Waals surface area contributed by atoms with Crippen molar-refractivity contribution >= 4 is 0 Å². The van der Waals surface area contributed by atoms with Gasteiger partial charge in [0.15, 0.2) is 0 Å². The Kier molecular flexibility index (Phi) is 6.11. The summed E-state index contributed by atoms with van der Waals surface area (Å²) in [6.45, 7) is 6.36. The zero-order chi connectivity index (χ0) is 11.8. The van der Waals surface area contributed by atoms with Crippen LogP contribution in [0.15, 0.2) is 12.4 Å². The maximum atomic E-state index is 9.60. The number of aliphatic hydroxyl groups is 1. The Morgan fingerprint density at radius 3 is 2.94 bits per heavy atom. The molecule has 0 aromatic carbocycles. The van der Waals surface area contributed by atoms with Gasteiger partial charge in [0.1, 0.15) is 0 Å². The second-order valence-electron chi connectivity index (χ2n) is 3.93. The van der Waals surface area contributed by atoms with Gasteiger partial charge >= 0.3 is 0 Å². The minimum absolute atomic E-state index is 0.394. The van der Waals surface area contributed by atoms with Crippen LogP contribution in [0.2, 0.25) is 0 Å². The van der Waals surface area contributed by atoms with Gasteiger partial charge in [0, 0.05) is 18.4 Å². The zero-order valence-corrected chi connectivity index (χ0v) is 10.2. The number of aromatic nitrogens is 2. The van der Waals surface area contributed by atoms with E-state index >= 15 is 0 Å². The monoisotopic (exact) mass is 226 g/mol. The van der Waals surface area contributed by atoms with Crippen LogP contribution in [-0.2, 0) is 11.3 Å². The first kappa shape index (κ1) is 13.2. The quantitative estimate of drug-likeness (QED) is 0.691. The molecule has 0 spiro atoms. The van der Waals surface area contributed by atoms with Crippen LogP contribution in [-0.4, -0.2) is 28.1 Å². The number of hydrogen-bond donors (Lipinski definition) is 1. The molecule has 4 nitrogen and oxygen atoms in total. The van der Waals surface area contributed by atoms with Gasteiger partial charge in [-0.2, -0.15) is 5.10 Å². The van der Waals surface area contributed by atoms with Crippen molar-refractivity contribution in [3.63, 3.8) is 0 Å². The van der Waals surface area contributed by atoms with Crippen LogP contribution in [0.4, 0.5) is 0 Å². The number of rotatable bonds is 8. The predicted molar refractivity (Wildman–Crippen MR) is 63.2 cm³/mol. The maximum Gasteiger partial charge on any atom is 0.0817 e. The molecule has 0 fully saturated rings. The van der Waals surface area contributed by atoms with Crippen LogP contribution in [0.1, 0.15) is 44.8 Å². The summed E-state index contributed by atoms with van der Waals surface area (Å²) < 4.78 is 7.27. The number of unbranched alkanes of at least 4 members (excludes halogenated alkanes) is 1. The molecule has 1 heterocycles. The predicted octanol–water partition coefficient (Wildman–Crippen LogP) is 2.14. The summed E-state index contributed by atoms with van der Waals surface area (Å²) >= 11 is 0. The van der Waals surface area contributed by atoms with Crippen molar-refractivity contribution in [2.45, 2.75) is 45.8 Å². The highest BCUT2D eigenvalue weighted by molar-refractivity contribution is 5.07. The van der Waals surface area contributed by atoms with Crippen molar-refractivity contribution in [2.75, 3.05) is 13.2 Å². The third-order valence-electron chi connectivity index (χ3n) is 2.53. The largest absolute Gasteiger partial charge is 0.388 e. The van der Waals surface area contributed by atoms with E-state index < -0.39 is 6.10 Å². The SMILES string of the molecule is CCCCOCCn1cc(C(O)CC)cn1. The Morgan fingerprint density at radius 2 is 2.25 bits per heavy atom. The summed E-state index contributed by atoms with van der Waals surface area (Å²) in [5.41, 5.74) is 0.885. The number of hydrogen-bond acceptors (Lipinski definition) is 3. The van der Waals surface area contributed by atoms with Crippen molar-refractivity contribution in [3.05, 3.63) is 18.0 Å². The first-order valence-corrected chi connectivity index (χ1v) is 6.06. The Balaban J connectivity index is 2.24. The average molecular weight is 226 g/mol. The van der Waals surface area contributed by atoms with E-state index in [4.69, 9.17) is 4.74 Å². The highest BCUT2D eigenvalue weighted by atomic mass is 16.5. The van der Waals surface area contributed by atoms with Crippen LogP contribution in [0.25, 0.3) is 0 Å². The fourth-order valence-electron chi connectivity index (χ4n) is 1.42. The van der Waals surface area contributed by atoms with Gasteiger partial charge < -0.3 is 9.84 Å². The molecule has 4 heteroatoms. The van der Waals surface area contributed by atoms with Crippen molar-refractivity contribution in [2.24, 2.45) is 0 Å². The van der Waals surface area contributed by atoms with Gasteiger partial charge in [-0.15, -0.1) is 0 Å². The van der Waals surface area contributed by atoms with Gasteiger partial charge in [0.25, 0.3) is 0 Å². The van der Waals surface area contributed by atoms with Crippen molar-refractivity contribution in [3.8, 4) is 0 Å². The van der Waals surface area contributed by atoms with E-state index in [-0.39, 0.29) is 0 Å². The van der Waals surface area contributed by atoms with E-state index in [1.54, 1.807) is 6.20 Å². The van der Waals surface area contributed by atoms with E-state index in [1.807, 2.05) is 17.8 Å². The Morgan fingerprint density at radius 1 is 1.44 bits per heavy atom. The summed E-state index contributed by atoms with van der Waals surface area (Å²) in [7, 11) is 0. The molecule has 0 saturated carbocycles. The maximum absolute atomic E-state index is 9.60. The minimum Gasteiger partial charge on any atom is -0.388 e. The highest BCUT2D eigenvalue weighted by Crippen LogP contribution is 2.14. The standard InChI is InChI=1S/C12H22N2O2/c1-3-5-7-16-8-6-14-10-11(9-13-14)12(15)4-2/h9-10,12,15H,3-8H2,1-2H3. The lowest BCUT2D eigenvalue weighted by atomic mass is 10.2. The van der Waals surface area contributed by atoms with Gasteiger partial charge in [0.05, 0.1) is 25.5 Å². The summed E-state index contributed by atoms with van der Waals surface area (Å²) in [5.74, 6) is 0. The third kappa shape index (κ3) is 4.33. The van der Waals surface area contributed by atoms with Gasteiger partial charge in [-0.1, -0.05) is 20.3 Å². The van der Waals surface area contributed by atoms with Crippen LogP contribution in [0, 0.1) is 0 Å². The molecule has 1 aromatic rings. The van der Waals surface area contributed by atoms with Gasteiger partial charge in [0.2, 0.25) is 0 Å². The van der Waals surface area contributed by atoms with Crippen molar-refractivity contribution < 1.29 is 9.84 Å². The second-order valence-corrected chi connectivity index (χ2v) is 3.93. The molecule has 0 amide bonds. The summed E-state index contributed by atoms with van der Waals surface area (Å²) in [4.78, 5) is 0. The van der Waals surface area contributed by atoms with Gasteiger partial charge in [-0.25, -0.2) is 0 Å². The average Bonchev–Trinajstić information content (AvgIpc) is 2.76. The van der Waals surface area contributed by atoms with E-state index in [1.165, 1.54) is 0 Å². The van der Waals surface area contributed by atoms with E-state index in [0.717, 1.165) is 38.0 Å². The fourth-order valence-corrected chi connectivity index (χ4v) is 1.42. The van der Waals surface area contributed by atoms with Gasteiger partial charge in [-0.05, 0) is 12.8 Å². The molecule has 0 aliphatic carbocycles. The first-order chi connectivity index (χ1) is 7.77. The molecule has 1 aromatic heterocycles. The van der Waals surface area contributed by atoms with Crippen LogP contribution >= 0.6 is 0 Å². The molecule has 0 saturated heterocycles. The number of aliphatic hydroxyl groups excluding tert-OH is 1. The van der Waals surface area contributed by atoms with E-state index in [2.05, 4.69) is 12.0 Å².